The van der Waals surface area contributed by atoms with Crippen LogP contribution in [0.5, 0.6) is 0 Å². The monoisotopic (exact) mass is 462 g/mol. The van der Waals surface area contributed by atoms with Crippen LogP contribution in [0.2, 0.25) is 0 Å². The molecule has 1 fully saturated rings. The molecule has 4 aromatic rings. The lowest BCUT2D eigenvalue weighted by atomic mass is 10.0. The minimum atomic E-state index is -4.70. The Hall–Kier alpha value is -3.81. The first-order chi connectivity index (χ1) is 16.4. The number of para-hydroxylation sites is 1. The standard InChI is InChI=1S/C26H21F3N4O/c27-26(28,29)22-14-19(33-13-11-23(30-33)17-7-8-17)9-10-21(22)25(34)32-16-20-5-3-12-31(20)15-18-4-1-2-6-24(18)32/h1-6,9-14,17H,7-8,15-16H2. The van der Waals surface area contributed by atoms with E-state index < -0.39 is 17.6 Å². The molecular formula is C26H21F3N4O. The molecule has 0 saturated heterocycles. The van der Waals surface area contributed by atoms with E-state index >= 15 is 0 Å². The van der Waals surface area contributed by atoms with Crippen molar-refractivity contribution in [1.82, 2.24) is 14.3 Å². The summed E-state index contributed by atoms with van der Waals surface area (Å²) in [5.41, 5.74) is 2.18. The van der Waals surface area contributed by atoms with Gasteiger partial charge in [-0.1, -0.05) is 18.2 Å². The summed E-state index contributed by atoms with van der Waals surface area (Å²) in [5, 5.41) is 4.44. The van der Waals surface area contributed by atoms with Crippen molar-refractivity contribution < 1.29 is 18.0 Å². The first-order valence-corrected chi connectivity index (χ1v) is 11.2. The van der Waals surface area contributed by atoms with Gasteiger partial charge in [0.2, 0.25) is 0 Å². The molecule has 2 aromatic carbocycles. The van der Waals surface area contributed by atoms with Gasteiger partial charge in [-0.3, -0.25) is 4.79 Å². The predicted octanol–water partition coefficient (Wildman–Crippen LogP) is 5.78. The highest BCUT2D eigenvalue weighted by Gasteiger charge is 2.38. The Labute approximate surface area is 194 Å². The van der Waals surface area contributed by atoms with Gasteiger partial charge in [0, 0.05) is 36.2 Å². The van der Waals surface area contributed by atoms with Gasteiger partial charge in [-0.05, 0) is 60.9 Å². The van der Waals surface area contributed by atoms with Crippen LogP contribution in [0.3, 0.4) is 0 Å². The Kier molecular flexibility index (Phi) is 4.65. The molecule has 172 valence electrons. The zero-order chi connectivity index (χ0) is 23.4. The lowest BCUT2D eigenvalue weighted by Crippen LogP contribution is -2.32. The van der Waals surface area contributed by atoms with Crippen molar-refractivity contribution in [3.63, 3.8) is 0 Å². The number of rotatable bonds is 3. The summed E-state index contributed by atoms with van der Waals surface area (Å²) < 4.78 is 46.0. The Morgan fingerprint density at radius 2 is 1.76 bits per heavy atom. The second kappa shape index (κ2) is 7.62. The van der Waals surface area contributed by atoms with Crippen molar-refractivity contribution in [2.24, 2.45) is 0 Å². The molecule has 1 aliphatic heterocycles. The number of nitrogens with zero attached hydrogens (tertiary/aromatic N) is 4. The molecule has 3 heterocycles. The van der Waals surface area contributed by atoms with Crippen LogP contribution in [-0.2, 0) is 19.3 Å². The fraction of sp³-hybridized carbons (Fsp3) is 0.231. The molecule has 0 bridgehead atoms. The first kappa shape index (κ1) is 20.8. The van der Waals surface area contributed by atoms with Crippen molar-refractivity contribution >= 4 is 11.6 Å². The number of halogens is 3. The summed E-state index contributed by atoms with van der Waals surface area (Å²) in [6.45, 7) is 0.738. The highest BCUT2D eigenvalue weighted by Crippen LogP contribution is 2.40. The van der Waals surface area contributed by atoms with Crippen LogP contribution in [-0.4, -0.2) is 20.3 Å². The van der Waals surface area contributed by atoms with E-state index in [4.69, 9.17) is 0 Å². The summed E-state index contributed by atoms with van der Waals surface area (Å²) in [7, 11) is 0. The van der Waals surface area contributed by atoms with Gasteiger partial charge in [0.25, 0.3) is 5.91 Å². The summed E-state index contributed by atoms with van der Waals surface area (Å²) in [5.74, 6) is -0.286. The molecule has 0 atom stereocenters. The quantitative estimate of drug-likeness (QED) is 0.388. The van der Waals surface area contributed by atoms with Gasteiger partial charge < -0.3 is 9.47 Å². The van der Waals surface area contributed by atoms with Crippen LogP contribution in [0.25, 0.3) is 5.69 Å². The summed E-state index contributed by atoms with van der Waals surface area (Å²) in [6, 6.07) is 16.8. The third kappa shape index (κ3) is 3.59. The van der Waals surface area contributed by atoms with Gasteiger partial charge >= 0.3 is 6.18 Å². The third-order valence-electron chi connectivity index (χ3n) is 6.52. The van der Waals surface area contributed by atoms with E-state index in [1.807, 2.05) is 41.1 Å². The molecular weight excluding hydrogens is 441 g/mol. The number of fused-ring (bicyclic) bond motifs is 2. The topological polar surface area (TPSA) is 43.1 Å². The van der Waals surface area contributed by atoms with Crippen molar-refractivity contribution in [3.8, 4) is 5.69 Å². The van der Waals surface area contributed by atoms with Crippen molar-refractivity contribution in [2.45, 2.75) is 38.0 Å². The molecule has 8 heteroatoms. The van der Waals surface area contributed by atoms with Crippen LogP contribution in [0, 0.1) is 0 Å². The maximum Gasteiger partial charge on any atom is 0.417 e. The van der Waals surface area contributed by atoms with Gasteiger partial charge in [0.15, 0.2) is 0 Å². The van der Waals surface area contributed by atoms with Gasteiger partial charge in [0.1, 0.15) is 0 Å². The minimum Gasteiger partial charge on any atom is -0.345 e. The van der Waals surface area contributed by atoms with E-state index in [0.717, 1.165) is 35.9 Å². The Morgan fingerprint density at radius 1 is 0.941 bits per heavy atom. The SMILES string of the molecule is O=C(c1ccc(-n2ccc(C3CC3)n2)cc1C(F)(F)F)N1Cc2cccn2Cc2ccccc21. The predicted molar refractivity (Wildman–Crippen MR) is 121 cm³/mol. The maximum atomic E-state index is 14.2. The Bertz CT molecular complexity index is 1400. The maximum absolute atomic E-state index is 14.2. The number of hydrogen-bond donors (Lipinski definition) is 0. The van der Waals surface area contributed by atoms with Crippen molar-refractivity contribution in [3.05, 3.63) is 101 Å². The van der Waals surface area contributed by atoms with E-state index in [1.54, 1.807) is 18.3 Å². The minimum absolute atomic E-state index is 0.186. The molecule has 0 spiro atoms. The number of amides is 1. The van der Waals surface area contributed by atoms with Crippen LogP contribution in [0.15, 0.2) is 73.1 Å². The van der Waals surface area contributed by atoms with Crippen LogP contribution in [0.4, 0.5) is 18.9 Å². The number of aromatic nitrogens is 3. The van der Waals surface area contributed by atoms with E-state index in [2.05, 4.69) is 5.10 Å². The average molecular weight is 462 g/mol. The molecule has 1 aliphatic carbocycles. The van der Waals surface area contributed by atoms with Gasteiger partial charge in [-0.15, -0.1) is 0 Å². The highest BCUT2D eigenvalue weighted by atomic mass is 19.4. The molecule has 2 aliphatic rings. The van der Waals surface area contributed by atoms with Gasteiger partial charge in [-0.2, -0.15) is 18.3 Å². The molecule has 0 N–H and O–H groups in total. The lowest BCUT2D eigenvalue weighted by molar-refractivity contribution is -0.137. The zero-order valence-corrected chi connectivity index (χ0v) is 18.2. The second-order valence-corrected chi connectivity index (χ2v) is 8.83. The van der Waals surface area contributed by atoms with E-state index in [-0.39, 0.29) is 17.8 Å². The number of anilines is 1. The Balaban J connectivity index is 1.43. The molecule has 6 rings (SSSR count). The van der Waals surface area contributed by atoms with E-state index in [0.29, 0.717) is 18.2 Å². The van der Waals surface area contributed by atoms with Crippen molar-refractivity contribution in [1.29, 1.82) is 0 Å². The van der Waals surface area contributed by atoms with Crippen LogP contribution < -0.4 is 4.90 Å². The number of benzene rings is 2. The lowest BCUT2D eigenvalue weighted by Gasteiger charge is -2.24. The summed E-state index contributed by atoms with van der Waals surface area (Å²) in [6.07, 6.45) is 0.997. The van der Waals surface area contributed by atoms with Gasteiger partial charge in [-0.25, -0.2) is 4.68 Å². The molecule has 1 amide bonds. The fourth-order valence-corrected chi connectivity index (χ4v) is 4.59. The third-order valence-corrected chi connectivity index (χ3v) is 6.52. The Morgan fingerprint density at radius 3 is 2.56 bits per heavy atom. The molecule has 2 aromatic heterocycles. The molecule has 34 heavy (non-hydrogen) atoms. The fourth-order valence-electron chi connectivity index (χ4n) is 4.59. The molecule has 5 nitrogen and oxygen atoms in total. The highest BCUT2D eigenvalue weighted by molar-refractivity contribution is 6.07. The van der Waals surface area contributed by atoms with Crippen LogP contribution >= 0.6 is 0 Å². The molecule has 0 radical (unpaired) electrons. The van der Waals surface area contributed by atoms with E-state index in [9.17, 15) is 18.0 Å². The first-order valence-electron chi connectivity index (χ1n) is 11.2. The second-order valence-electron chi connectivity index (χ2n) is 8.83. The largest absolute Gasteiger partial charge is 0.417 e. The normalized spacial score (nSPS) is 15.6. The van der Waals surface area contributed by atoms with Crippen molar-refractivity contribution in [2.75, 3.05) is 4.90 Å². The number of hydrogen-bond acceptors (Lipinski definition) is 2. The summed E-state index contributed by atoms with van der Waals surface area (Å²) in [4.78, 5) is 15.1. The van der Waals surface area contributed by atoms with E-state index in [1.165, 1.54) is 21.7 Å². The molecule has 0 unspecified atom stereocenters. The van der Waals surface area contributed by atoms with Crippen LogP contribution in [0.1, 0.15) is 51.6 Å². The smallest absolute Gasteiger partial charge is 0.345 e. The average Bonchev–Trinajstić information content (AvgIpc) is 3.44. The number of carbonyl (C=O) groups excluding carboxylic acids is 1. The zero-order valence-electron chi connectivity index (χ0n) is 18.2. The van der Waals surface area contributed by atoms with Gasteiger partial charge in [0.05, 0.1) is 29.1 Å². The summed E-state index contributed by atoms with van der Waals surface area (Å²) >= 11 is 0. The molecule has 1 saturated carbocycles. The number of carbonyl (C=O) groups is 1. The number of alkyl halides is 3.